The SMILES string of the molecule is CC(=O)c1ccc(CC(=O)C2CCOCC2)cc1. The minimum absolute atomic E-state index is 0.0531. The summed E-state index contributed by atoms with van der Waals surface area (Å²) in [6.45, 7) is 2.93. The summed E-state index contributed by atoms with van der Waals surface area (Å²) in [5, 5.41) is 0. The van der Waals surface area contributed by atoms with Gasteiger partial charge < -0.3 is 4.74 Å². The first kappa shape index (κ1) is 13.0. The third-order valence-corrected chi connectivity index (χ3v) is 3.42. The number of carbonyl (C=O) groups is 2. The highest BCUT2D eigenvalue weighted by molar-refractivity contribution is 5.94. The minimum atomic E-state index is 0.0531. The van der Waals surface area contributed by atoms with Gasteiger partial charge in [0.15, 0.2) is 5.78 Å². The van der Waals surface area contributed by atoms with Crippen LogP contribution in [0, 0.1) is 5.92 Å². The van der Waals surface area contributed by atoms with Crippen molar-refractivity contribution in [1.82, 2.24) is 0 Å². The van der Waals surface area contributed by atoms with Gasteiger partial charge in [-0.3, -0.25) is 9.59 Å². The smallest absolute Gasteiger partial charge is 0.159 e. The molecule has 1 fully saturated rings. The number of Topliss-reactive ketones (excluding diaryl/α,β-unsaturated/α-hetero) is 2. The Bertz CT molecular complexity index is 428. The van der Waals surface area contributed by atoms with Crippen LogP contribution in [0.4, 0.5) is 0 Å². The Morgan fingerprint density at radius 3 is 2.33 bits per heavy atom. The second-order valence-electron chi connectivity index (χ2n) is 4.78. The lowest BCUT2D eigenvalue weighted by molar-refractivity contribution is -0.125. The van der Waals surface area contributed by atoms with Crippen molar-refractivity contribution in [3.8, 4) is 0 Å². The molecule has 0 unspecified atom stereocenters. The second kappa shape index (κ2) is 5.91. The zero-order valence-corrected chi connectivity index (χ0v) is 10.6. The van der Waals surface area contributed by atoms with Gasteiger partial charge in [-0.15, -0.1) is 0 Å². The molecule has 3 heteroatoms. The van der Waals surface area contributed by atoms with E-state index in [2.05, 4.69) is 0 Å². The fraction of sp³-hybridized carbons (Fsp3) is 0.467. The van der Waals surface area contributed by atoms with E-state index in [1.165, 1.54) is 0 Å². The van der Waals surface area contributed by atoms with Gasteiger partial charge in [0, 0.05) is 31.1 Å². The van der Waals surface area contributed by atoms with E-state index in [0.29, 0.717) is 25.2 Å². The predicted molar refractivity (Wildman–Crippen MR) is 68.7 cm³/mol. The van der Waals surface area contributed by atoms with E-state index in [9.17, 15) is 9.59 Å². The number of carbonyl (C=O) groups excluding carboxylic acids is 2. The zero-order valence-electron chi connectivity index (χ0n) is 10.6. The number of ether oxygens (including phenoxy) is 1. The van der Waals surface area contributed by atoms with Crippen molar-refractivity contribution in [3.63, 3.8) is 0 Å². The molecule has 0 spiro atoms. The summed E-state index contributed by atoms with van der Waals surface area (Å²) in [6, 6.07) is 7.31. The highest BCUT2D eigenvalue weighted by Gasteiger charge is 2.21. The fourth-order valence-electron chi connectivity index (χ4n) is 2.22. The molecule has 0 aliphatic carbocycles. The summed E-state index contributed by atoms with van der Waals surface area (Å²) in [5.41, 5.74) is 1.67. The molecule has 1 heterocycles. The number of hydrogen-bond acceptors (Lipinski definition) is 3. The molecule has 0 saturated carbocycles. The van der Waals surface area contributed by atoms with Crippen LogP contribution in [0.5, 0.6) is 0 Å². The summed E-state index contributed by atoms with van der Waals surface area (Å²) >= 11 is 0. The number of hydrogen-bond donors (Lipinski definition) is 0. The average Bonchev–Trinajstić information content (AvgIpc) is 2.40. The molecule has 3 nitrogen and oxygen atoms in total. The summed E-state index contributed by atoms with van der Waals surface area (Å²) in [7, 11) is 0. The summed E-state index contributed by atoms with van der Waals surface area (Å²) in [4.78, 5) is 23.2. The Labute approximate surface area is 107 Å². The van der Waals surface area contributed by atoms with Crippen LogP contribution in [0.25, 0.3) is 0 Å². The van der Waals surface area contributed by atoms with Crippen LogP contribution in [0.3, 0.4) is 0 Å². The van der Waals surface area contributed by atoms with Crippen LogP contribution in [-0.4, -0.2) is 24.8 Å². The molecule has 0 N–H and O–H groups in total. The molecular weight excluding hydrogens is 228 g/mol. The molecule has 18 heavy (non-hydrogen) atoms. The Morgan fingerprint density at radius 1 is 1.17 bits per heavy atom. The summed E-state index contributed by atoms with van der Waals surface area (Å²) < 4.78 is 5.25. The quantitative estimate of drug-likeness (QED) is 0.766. The lowest BCUT2D eigenvalue weighted by Gasteiger charge is -2.20. The molecular formula is C15H18O3. The van der Waals surface area contributed by atoms with Crippen LogP contribution in [0.15, 0.2) is 24.3 Å². The maximum absolute atomic E-state index is 12.1. The van der Waals surface area contributed by atoms with E-state index in [0.717, 1.165) is 18.4 Å². The Morgan fingerprint density at radius 2 is 1.78 bits per heavy atom. The second-order valence-corrected chi connectivity index (χ2v) is 4.78. The first-order chi connectivity index (χ1) is 8.66. The minimum Gasteiger partial charge on any atom is -0.381 e. The monoisotopic (exact) mass is 246 g/mol. The number of ketones is 2. The first-order valence-corrected chi connectivity index (χ1v) is 6.37. The fourth-order valence-corrected chi connectivity index (χ4v) is 2.22. The van der Waals surface area contributed by atoms with Crippen molar-refractivity contribution >= 4 is 11.6 Å². The standard InChI is InChI=1S/C15H18O3/c1-11(16)13-4-2-12(3-5-13)10-15(17)14-6-8-18-9-7-14/h2-5,14H,6-10H2,1H3. The van der Waals surface area contributed by atoms with Crippen molar-refractivity contribution in [3.05, 3.63) is 35.4 Å². The highest BCUT2D eigenvalue weighted by atomic mass is 16.5. The van der Waals surface area contributed by atoms with Crippen molar-refractivity contribution in [1.29, 1.82) is 0 Å². The molecule has 0 aromatic heterocycles. The summed E-state index contributed by atoms with van der Waals surface area (Å²) in [5.74, 6) is 0.484. The third-order valence-electron chi connectivity index (χ3n) is 3.42. The molecule has 0 bridgehead atoms. The van der Waals surface area contributed by atoms with Gasteiger partial charge in [0.1, 0.15) is 5.78 Å². The highest BCUT2D eigenvalue weighted by Crippen LogP contribution is 2.18. The van der Waals surface area contributed by atoms with E-state index in [1.54, 1.807) is 19.1 Å². The van der Waals surface area contributed by atoms with E-state index in [1.807, 2.05) is 12.1 Å². The molecule has 1 aliphatic rings. The van der Waals surface area contributed by atoms with Gasteiger partial charge in [-0.1, -0.05) is 24.3 Å². The van der Waals surface area contributed by atoms with Gasteiger partial charge >= 0.3 is 0 Å². The average molecular weight is 246 g/mol. The zero-order chi connectivity index (χ0) is 13.0. The van der Waals surface area contributed by atoms with Crippen LogP contribution in [0.1, 0.15) is 35.7 Å². The van der Waals surface area contributed by atoms with Crippen LogP contribution < -0.4 is 0 Å². The molecule has 96 valence electrons. The van der Waals surface area contributed by atoms with E-state index in [-0.39, 0.29) is 17.5 Å². The Kier molecular flexibility index (Phi) is 4.26. The molecule has 1 saturated heterocycles. The van der Waals surface area contributed by atoms with Crippen molar-refractivity contribution in [2.45, 2.75) is 26.2 Å². The van der Waals surface area contributed by atoms with Crippen molar-refractivity contribution in [2.24, 2.45) is 5.92 Å². The molecule has 1 aliphatic heterocycles. The van der Waals surface area contributed by atoms with Gasteiger partial charge in [-0.25, -0.2) is 0 Å². The van der Waals surface area contributed by atoms with Gasteiger partial charge in [0.25, 0.3) is 0 Å². The number of benzene rings is 1. The maximum Gasteiger partial charge on any atom is 0.159 e. The molecule has 0 atom stereocenters. The van der Waals surface area contributed by atoms with Gasteiger partial charge in [-0.05, 0) is 25.3 Å². The van der Waals surface area contributed by atoms with E-state index in [4.69, 9.17) is 4.74 Å². The third kappa shape index (κ3) is 3.26. The van der Waals surface area contributed by atoms with E-state index < -0.39 is 0 Å². The summed E-state index contributed by atoms with van der Waals surface area (Å²) in [6.07, 6.45) is 2.14. The molecule has 0 radical (unpaired) electrons. The Balaban J connectivity index is 1.96. The van der Waals surface area contributed by atoms with Crippen molar-refractivity contribution in [2.75, 3.05) is 13.2 Å². The normalized spacial score (nSPS) is 16.5. The lowest BCUT2D eigenvalue weighted by Crippen LogP contribution is -2.24. The van der Waals surface area contributed by atoms with Crippen LogP contribution in [-0.2, 0) is 16.0 Å². The molecule has 1 aromatic carbocycles. The van der Waals surface area contributed by atoms with Gasteiger partial charge in [0.2, 0.25) is 0 Å². The van der Waals surface area contributed by atoms with Crippen molar-refractivity contribution < 1.29 is 14.3 Å². The first-order valence-electron chi connectivity index (χ1n) is 6.37. The van der Waals surface area contributed by atoms with E-state index >= 15 is 0 Å². The Hall–Kier alpha value is -1.48. The molecule has 0 amide bonds. The van der Waals surface area contributed by atoms with Crippen LogP contribution >= 0.6 is 0 Å². The van der Waals surface area contributed by atoms with Gasteiger partial charge in [-0.2, -0.15) is 0 Å². The van der Waals surface area contributed by atoms with Gasteiger partial charge in [0.05, 0.1) is 0 Å². The predicted octanol–water partition coefficient (Wildman–Crippen LogP) is 2.43. The topological polar surface area (TPSA) is 43.4 Å². The van der Waals surface area contributed by atoms with Crippen LogP contribution in [0.2, 0.25) is 0 Å². The molecule has 1 aromatic rings. The largest absolute Gasteiger partial charge is 0.381 e. The maximum atomic E-state index is 12.1. The number of rotatable bonds is 4. The molecule has 2 rings (SSSR count). The lowest BCUT2D eigenvalue weighted by atomic mass is 9.91.